The van der Waals surface area contributed by atoms with Crippen LogP contribution in [0.5, 0.6) is 0 Å². The van der Waals surface area contributed by atoms with E-state index in [4.69, 9.17) is 0 Å². The van der Waals surface area contributed by atoms with Gasteiger partial charge in [0, 0.05) is 42.2 Å². The van der Waals surface area contributed by atoms with Crippen molar-refractivity contribution in [3.8, 4) is 0 Å². The van der Waals surface area contributed by atoms with E-state index in [0.29, 0.717) is 19.5 Å². The van der Waals surface area contributed by atoms with Crippen LogP contribution in [0.2, 0.25) is 0 Å². The molecule has 0 unspecified atom stereocenters. The minimum atomic E-state index is -0.0756. The fraction of sp³-hybridized carbons (Fsp3) is 0.471. The molecular weight excluding hydrogens is 342 g/mol. The Labute approximate surface area is 148 Å². The zero-order valence-electron chi connectivity index (χ0n) is 13.5. The lowest BCUT2D eigenvalue weighted by molar-refractivity contribution is -0.128. The van der Waals surface area contributed by atoms with Crippen molar-refractivity contribution < 1.29 is 9.59 Å². The summed E-state index contributed by atoms with van der Waals surface area (Å²) in [5.41, 5.74) is 1.65. The van der Waals surface area contributed by atoms with Crippen molar-refractivity contribution in [2.75, 3.05) is 19.6 Å². The molecule has 0 N–H and O–H groups in total. The molecule has 0 bridgehead atoms. The van der Waals surface area contributed by atoms with Crippen LogP contribution in [0.15, 0.2) is 22.2 Å². The van der Waals surface area contributed by atoms with Crippen LogP contribution in [0.3, 0.4) is 0 Å². The average molecular weight is 361 g/mol. The molecule has 4 heterocycles. The molecule has 2 aliphatic heterocycles. The molecule has 1 spiro atoms. The molecule has 2 aromatic heterocycles. The molecule has 4 rings (SSSR count). The molecule has 126 valence electrons. The van der Waals surface area contributed by atoms with Gasteiger partial charge in [0.1, 0.15) is 0 Å². The Bertz CT molecular complexity index is 771. The molecule has 2 aliphatic rings. The molecule has 2 saturated heterocycles. The van der Waals surface area contributed by atoms with Gasteiger partial charge >= 0.3 is 0 Å². The Morgan fingerprint density at radius 3 is 2.96 bits per heavy atom. The van der Waals surface area contributed by atoms with Gasteiger partial charge in [0.25, 0.3) is 5.91 Å². The third kappa shape index (κ3) is 2.86. The molecule has 2 fully saturated rings. The maximum absolute atomic E-state index is 12.5. The van der Waals surface area contributed by atoms with Crippen molar-refractivity contribution >= 4 is 34.5 Å². The van der Waals surface area contributed by atoms with Crippen LogP contribution in [0.4, 0.5) is 0 Å². The first-order valence-corrected chi connectivity index (χ1v) is 9.87. The highest BCUT2D eigenvalue weighted by Gasteiger charge is 2.48. The van der Waals surface area contributed by atoms with E-state index in [0.717, 1.165) is 35.8 Å². The number of hydrogen-bond donors (Lipinski definition) is 0. The molecule has 2 aromatic rings. The van der Waals surface area contributed by atoms with Gasteiger partial charge in [-0.1, -0.05) is 0 Å². The maximum atomic E-state index is 12.5. The molecule has 0 aromatic carbocycles. The summed E-state index contributed by atoms with van der Waals surface area (Å²) in [5.74, 6) is 0.277. The van der Waals surface area contributed by atoms with Crippen molar-refractivity contribution in [3.05, 3.63) is 38.5 Å². The van der Waals surface area contributed by atoms with Crippen LogP contribution in [0.25, 0.3) is 0 Å². The van der Waals surface area contributed by atoms with Gasteiger partial charge < -0.3 is 9.80 Å². The predicted molar refractivity (Wildman–Crippen MR) is 94.2 cm³/mol. The number of carbonyl (C=O) groups excluding carboxylic acids is 2. The Morgan fingerprint density at radius 1 is 1.38 bits per heavy atom. The van der Waals surface area contributed by atoms with Gasteiger partial charge in [0.05, 0.1) is 22.8 Å². The molecule has 1 atom stereocenters. The second-order valence-corrected chi connectivity index (χ2v) is 8.62. The van der Waals surface area contributed by atoms with Crippen molar-refractivity contribution in [2.24, 2.45) is 5.41 Å². The van der Waals surface area contributed by atoms with Crippen LogP contribution in [0.1, 0.15) is 33.9 Å². The summed E-state index contributed by atoms with van der Waals surface area (Å²) in [4.78, 5) is 33.3. The first-order chi connectivity index (χ1) is 11.5. The minimum Gasteiger partial charge on any atom is -0.338 e. The number of thiazole rings is 1. The van der Waals surface area contributed by atoms with Crippen LogP contribution < -0.4 is 0 Å². The molecular formula is C17H19N3O2S2. The van der Waals surface area contributed by atoms with Crippen molar-refractivity contribution in [1.29, 1.82) is 0 Å². The lowest BCUT2D eigenvalue weighted by Crippen LogP contribution is -2.34. The van der Waals surface area contributed by atoms with Crippen molar-refractivity contribution in [2.45, 2.75) is 26.3 Å². The van der Waals surface area contributed by atoms with E-state index < -0.39 is 0 Å². The molecule has 5 nitrogen and oxygen atoms in total. The minimum absolute atomic E-state index is 0.0756. The molecule has 7 heteroatoms. The fourth-order valence-corrected chi connectivity index (χ4v) is 4.99. The number of amides is 2. The Hall–Kier alpha value is -1.73. The van der Waals surface area contributed by atoms with Gasteiger partial charge in [-0.25, -0.2) is 4.98 Å². The van der Waals surface area contributed by atoms with Crippen molar-refractivity contribution in [3.63, 3.8) is 0 Å². The summed E-state index contributed by atoms with van der Waals surface area (Å²) >= 11 is 3.15. The van der Waals surface area contributed by atoms with Gasteiger partial charge in [0.2, 0.25) is 5.91 Å². The summed E-state index contributed by atoms with van der Waals surface area (Å²) in [6.45, 7) is 4.72. The summed E-state index contributed by atoms with van der Waals surface area (Å²) in [6.07, 6.45) is 1.45. The summed E-state index contributed by atoms with van der Waals surface area (Å²) < 4.78 is 0. The lowest BCUT2D eigenvalue weighted by Gasteiger charge is -2.23. The van der Waals surface area contributed by atoms with Crippen LogP contribution in [-0.4, -0.2) is 46.2 Å². The summed E-state index contributed by atoms with van der Waals surface area (Å²) in [7, 11) is 0. The van der Waals surface area contributed by atoms with Crippen LogP contribution >= 0.6 is 22.7 Å². The Morgan fingerprint density at radius 2 is 2.25 bits per heavy atom. The van der Waals surface area contributed by atoms with E-state index in [1.165, 1.54) is 11.3 Å². The number of hydrogen-bond acceptors (Lipinski definition) is 5. The third-order valence-corrected chi connectivity index (χ3v) is 6.42. The van der Waals surface area contributed by atoms with Gasteiger partial charge in [-0.05, 0) is 24.8 Å². The van der Waals surface area contributed by atoms with E-state index in [1.807, 2.05) is 38.9 Å². The highest BCUT2D eigenvalue weighted by molar-refractivity contribution is 7.09. The van der Waals surface area contributed by atoms with Gasteiger partial charge in [0.15, 0.2) is 0 Å². The highest BCUT2D eigenvalue weighted by Crippen LogP contribution is 2.41. The zero-order chi connectivity index (χ0) is 16.7. The average Bonchev–Trinajstić information content (AvgIpc) is 3.30. The third-order valence-electron chi connectivity index (χ3n) is 4.92. The first-order valence-electron chi connectivity index (χ1n) is 8.05. The fourth-order valence-electron chi connectivity index (χ4n) is 3.75. The Kier molecular flexibility index (Phi) is 3.92. The maximum Gasteiger partial charge on any atom is 0.254 e. The van der Waals surface area contributed by atoms with E-state index in [-0.39, 0.29) is 17.2 Å². The molecule has 2 amide bonds. The monoisotopic (exact) mass is 361 g/mol. The van der Waals surface area contributed by atoms with Crippen molar-refractivity contribution in [1.82, 2.24) is 14.8 Å². The highest BCUT2D eigenvalue weighted by atomic mass is 32.1. The predicted octanol–water partition coefficient (Wildman–Crippen LogP) is 2.78. The Balaban J connectivity index is 1.43. The van der Waals surface area contributed by atoms with E-state index >= 15 is 0 Å². The lowest BCUT2D eigenvalue weighted by atomic mass is 9.86. The van der Waals surface area contributed by atoms with Gasteiger partial charge in [-0.15, -0.1) is 11.3 Å². The van der Waals surface area contributed by atoms with Gasteiger partial charge in [-0.2, -0.15) is 11.3 Å². The van der Waals surface area contributed by atoms with Crippen LogP contribution in [0, 0.1) is 12.3 Å². The van der Waals surface area contributed by atoms with Gasteiger partial charge in [-0.3, -0.25) is 9.59 Å². The smallest absolute Gasteiger partial charge is 0.254 e. The molecule has 24 heavy (non-hydrogen) atoms. The zero-order valence-corrected chi connectivity index (χ0v) is 15.2. The number of likely N-dealkylation sites (tertiary alicyclic amines) is 2. The molecule has 0 saturated carbocycles. The SMILES string of the molecule is Cc1nc(CN2C[C@]3(CCN(C(=O)c4ccsc4)C3)CC2=O)cs1. The largest absolute Gasteiger partial charge is 0.338 e. The van der Waals surface area contributed by atoms with E-state index in [2.05, 4.69) is 4.98 Å². The number of nitrogens with zero attached hydrogens (tertiary/aromatic N) is 3. The number of aromatic nitrogens is 1. The normalized spacial score (nSPS) is 23.6. The quantitative estimate of drug-likeness (QED) is 0.845. The van der Waals surface area contributed by atoms with E-state index in [9.17, 15) is 9.59 Å². The number of rotatable bonds is 3. The molecule has 0 radical (unpaired) electrons. The summed E-state index contributed by atoms with van der Waals surface area (Å²) in [5, 5.41) is 6.87. The van der Waals surface area contributed by atoms with E-state index in [1.54, 1.807) is 11.3 Å². The summed E-state index contributed by atoms with van der Waals surface area (Å²) in [6, 6.07) is 1.87. The number of carbonyl (C=O) groups is 2. The molecule has 0 aliphatic carbocycles. The standard InChI is InChI=1S/C17H19N3O2S2/c1-12-18-14(9-24-12)7-20-11-17(6-15(20)21)3-4-19(10-17)16(22)13-2-5-23-8-13/h2,5,8-9H,3-4,6-7,10-11H2,1H3/t17-/m1/s1. The second kappa shape index (κ2) is 5.97. The van der Waals surface area contributed by atoms with Crippen LogP contribution in [-0.2, 0) is 11.3 Å². The first kappa shape index (κ1) is 15.8. The topological polar surface area (TPSA) is 53.5 Å². The number of thiophene rings is 1. The second-order valence-electron chi connectivity index (χ2n) is 6.77. The number of aryl methyl sites for hydroxylation is 1.